The molecule has 2 aliphatic heterocycles. The number of nitrogens with one attached hydrogen (secondary N) is 1. The lowest BCUT2D eigenvalue weighted by Crippen LogP contribution is -2.25. The molecule has 1 aromatic rings. The van der Waals surface area contributed by atoms with Gasteiger partial charge in [0.2, 0.25) is 0 Å². The summed E-state index contributed by atoms with van der Waals surface area (Å²) in [5, 5.41) is 4.23. The van der Waals surface area contributed by atoms with Gasteiger partial charge in [0.05, 0.1) is 13.2 Å². The molecule has 1 N–H and O–H groups in total. The van der Waals surface area contributed by atoms with E-state index in [0.717, 1.165) is 60.9 Å². The van der Waals surface area contributed by atoms with Gasteiger partial charge < -0.3 is 14.8 Å². The minimum Gasteiger partial charge on any atom is -0.493 e. The molecule has 2 aliphatic rings. The summed E-state index contributed by atoms with van der Waals surface area (Å²) in [5.74, 6) is 3.07. The first-order valence-electron chi connectivity index (χ1n) is 8.03. The average Bonchev–Trinajstić information content (AvgIpc) is 3.02. The summed E-state index contributed by atoms with van der Waals surface area (Å²) >= 11 is 6.47. The van der Waals surface area contributed by atoms with Gasteiger partial charge in [-0.15, -0.1) is 0 Å². The van der Waals surface area contributed by atoms with Crippen LogP contribution in [0, 0.1) is 11.8 Å². The highest BCUT2D eigenvalue weighted by molar-refractivity contribution is 6.31. The number of nitrogens with zero attached hydrogens (tertiary/aromatic N) is 1. The summed E-state index contributed by atoms with van der Waals surface area (Å²) in [7, 11) is 1.67. The van der Waals surface area contributed by atoms with Crippen molar-refractivity contribution >= 4 is 11.6 Å². The summed E-state index contributed by atoms with van der Waals surface area (Å²) in [6.07, 6.45) is 0.0984. The third-order valence-electron chi connectivity index (χ3n) is 4.55. The van der Waals surface area contributed by atoms with Crippen LogP contribution >= 0.6 is 11.6 Å². The molecule has 2 saturated heterocycles. The molecule has 0 saturated carbocycles. The molecule has 2 heterocycles. The van der Waals surface area contributed by atoms with Crippen LogP contribution in [0.15, 0.2) is 12.1 Å². The number of ether oxygens (including phenoxy) is 2. The van der Waals surface area contributed by atoms with Crippen molar-refractivity contribution in [2.24, 2.45) is 11.8 Å². The van der Waals surface area contributed by atoms with E-state index in [1.165, 1.54) is 0 Å². The molecule has 0 unspecified atom stereocenters. The molecule has 0 radical (unpaired) electrons. The highest BCUT2D eigenvalue weighted by Gasteiger charge is 2.36. The van der Waals surface area contributed by atoms with Crippen LogP contribution in [-0.2, 0) is 6.54 Å². The molecule has 0 bridgehead atoms. The molecule has 2 fully saturated rings. The van der Waals surface area contributed by atoms with Crippen LogP contribution in [-0.4, -0.2) is 44.3 Å². The number of methoxy groups -OCH3 is 1. The zero-order valence-electron chi connectivity index (χ0n) is 13.6. The zero-order chi connectivity index (χ0) is 15.7. The molecule has 122 valence electrons. The van der Waals surface area contributed by atoms with Crippen LogP contribution in [0.25, 0.3) is 0 Å². The van der Waals surface area contributed by atoms with E-state index >= 15 is 0 Å². The number of hydrogen-bond donors (Lipinski definition) is 1. The Morgan fingerprint density at radius 1 is 1.23 bits per heavy atom. The summed E-state index contributed by atoms with van der Waals surface area (Å²) in [6.45, 7) is 9.49. The molecule has 3 rings (SSSR count). The van der Waals surface area contributed by atoms with Gasteiger partial charge in [-0.3, -0.25) is 4.90 Å². The highest BCUT2D eigenvalue weighted by atomic mass is 35.5. The van der Waals surface area contributed by atoms with Gasteiger partial charge in [-0.25, -0.2) is 0 Å². The van der Waals surface area contributed by atoms with Crippen LogP contribution in [0.3, 0.4) is 0 Å². The lowest BCUT2D eigenvalue weighted by molar-refractivity contribution is 0.229. The monoisotopic (exact) mass is 324 g/mol. The molecule has 5 heteroatoms. The van der Waals surface area contributed by atoms with E-state index in [1.807, 2.05) is 26.0 Å². The van der Waals surface area contributed by atoms with Crippen LogP contribution in [0.2, 0.25) is 5.02 Å². The molecule has 1 aromatic carbocycles. The topological polar surface area (TPSA) is 33.7 Å². The first-order chi connectivity index (χ1) is 10.6. The normalized spacial score (nSPS) is 24.8. The maximum absolute atomic E-state index is 6.47. The summed E-state index contributed by atoms with van der Waals surface area (Å²) in [4.78, 5) is 2.50. The molecular formula is C17H25ClN2O2. The van der Waals surface area contributed by atoms with Gasteiger partial charge >= 0.3 is 0 Å². The highest BCUT2D eigenvalue weighted by Crippen LogP contribution is 2.36. The minimum atomic E-state index is 0.0984. The molecule has 0 spiro atoms. The minimum absolute atomic E-state index is 0.0984. The van der Waals surface area contributed by atoms with E-state index in [-0.39, 0.29) is 6.10 Å². The van der Waals surface area contributed by atoms with E-state index in [9.17, 15) is 0 Å². The second kappa shape index (κ2) is 6.65. The smallest absolute Gasteiger partial charge is 0.163 e. The van der Waals surface area contributed by atoms with E-state index in [4.69, 9.17) is 21.1 Å². The van der Waals surface area contributed by atoms with Crippen LogP contribution in [0.4, 0.5) is 0 Å². The fraction of sp³-hybridized carbons (Fsp3) is 0.647. The predicted molar refractivity (Wildman–Crippen MR) is 88.9 cm³/mol. The maximum Gasteiger partial charge on any atom is 0.163 e. The Kier molecular flexibility index (Phi) is 4.81. The summed E-state index contributed by atoms with van der Waals surface area (Å²) in [6, 6.07) is 3.90. The third-order valence-corrected chi connectivity index (χ3v) is 4.91. The van der Waals surface area contributed by atoms with Gasteiger partial charge in [0.15, 0.2) is 11.5 Å². The Balaban J connectivity index is 1.73. The number of likely N-dealkylation sites (tertiary alicyclic amines) is 1. The lowest BCUT2D eigenvalue weighted by atomic mass is 10.0. The summed E-state index contributed by atoms with van der Waals surface area (Å²) < 4.78 is 11.2. The number of halogens is 1. The molecule has 0 aromatic heterocycles. The predicted octanol–water partition coefficient (Wildman–Crippen LogP) is 2.79. The van der Waals surface area contributed by atoms with Crippen molar-refractivity contribution in [1.82, 2.24) is 10.2 Å². The van der Waals surface area contributed by atoms with E-state index in [0.29, 0.717) is 5.75 Å². The first kappa shape index (κ1) is 15.9. The van der Waals surface area contributed by atoms with Gasteiger partial charge in [0, 0.05) is 30.7 Å². The van der Waals surface area contributed by atoms with Gasteiger partial charge in [-0.2, -0.15) is 0 Å². The van der Waals surface area contributed by atoms with Crippen molar-refractivity contribution in [3.63, 3.8) is 0 Å². The molecule has 4 nitrogen and oxygen atoms in total. The van der Waals surface area contributed by atoms with Crippen LogP contribution in [0.5, 0.6) is 11.5 Å². The van der Waals surface area contributed by atoms with Gasteiger partial charge in [-0.1, -0.05) is 11.6 Å². The number of hydrogen-bond acceptors (Lipinski definition) is 4. The van der Waals surface area contributed by atoms with Crippen molar-refractivity contribution < 1.29 is 9.47 Å². The molecular weight excluding hydrogens is 300 g/mol. The van der Waals surface area contributed by atoms with Crippen molar-refractivity contribution in [2.45, 2.75) is 26.5 Å². The number of rotatable bonds is 5. The second-order valence-corrected chi connectivity index (χ2v) is 7.04. The van der Waals surface area contributed by atoms with Crippen molar-refractivity contribution in [3.05, 3.63) is 22.7 Å². The van der Waals surface area contributed by atoms with E-state index in [2.05, 4.69) is 10.2 Å². The van der Waals surface area contributed by atoms with E-state index in [1.54, 1.807) is 7.11 Å². The molecule has 0 aliphatic carbocycles. The van der Waals surface area contributed by atoms with Crippen LogP contribution in [0.1, 0.15) is 19.4 Å². The largest absolute Gasteiger partial charge is 0.493 e. The van der Waals surface area contributed by atoms with Crippen molar-refractivity contribution in [1.29, 1.82) is 0 Å². The maximum atomic E-state index is 6.47. The van der Waals surface area contributed by atoms with Gasteiger partial charge in [0.1, 0.15) is 0 Å². The Labute approximate surface area is 137 Å². The first-order valence-corrected chi connectivity index (χ1v) is 8.40. The summed E-state index contributed by atoms with van der Waals surface area (Å²) in [5.41, 5.74) is 1.11. The quantitative estimate of drug-likeness (QED) is 0.903. The SMILES string of the molecule is COc1cc(CN2C[C@H]3CNC[C@H]3C2)c(Cl)cc1OC(C)C. The van der Waals surface area contributed by atoms with Crippen molar-refractivity contribution in [3.8, 4) is 11.5 Å². The molecule has 0 amide bonds. The third kappa shape index (κ3) is 3.34. The number of benzene rings is 1. The fourth-order valence-electron chi connectivity index (χ4n) is 3.53. The Hall–Kier alpha value is -0.970. The Morgan fingerprint density at radius 3 is 2.50 bits per heavy atom. The Bertz CT molecular complexity index is 524. The average molecular weight is 325 g/mol. The molecule has 2 atom stereocenters. The second-order valence-electron chi connectivity index (χ2n) is 6.63. The van der Waals surface area contributed by atoms with E-state index < -0.39 is 0 Å². The molecule has 22 heavy (non-hydrogen) atoms. The standard InChI is InChI=1S/C17H25ClN2O2/c1-11(2)22-17-5-15(18)12(4-16(17)21-3)8-20-9-13-6-19-7-14(13)10-20/h4-5,11,13-14,19H,6-10H2,1-3H3/t13-,14+. The van der Waals surface area contributed by atoms with Gasteiger partial charge in [-0.05, 0) is 50.4 Å². The van der Waals surface area contributed by atoms with Crippen LogP contribution < -0.4 is 14.8 Å². The van der Waals surface area contributed by atoms with Crippen molar-refractivity contribution in [2.75, 3.05) is 33.3 Å². The number of fused-ring (bicyclic) bond motifs is 1. The fourth-order valence-corrected chi connectivity index (χ4v) is 3.74. The lowest BCUT2D eigenvalue weighted by Gasteiger charge is -2.20. The Morgan fingerprint density at radius 2 is 1.91 bits per heavy atom. The van der Waals surface area contributed by atoms with Gasteiger partial charge in [0.25, 0.3) is 0 Å². The zero-order valence-corrected chi connectivity index (χ0v) is 14.3.